The standard InChI is InChI=1S/C17H20N6O/c1-12-10-18-23(11-12)9-8-15(24)20-16(14-6-4-3-5-7-14)17-19-13(2)21-22-17/h3-7,10-11,16H,8-9H2,1-2H3,(H,20,24)(H,19,21,22). The molecule has 3 rings (SSSR count). The second-order valence-electron chi connectivity index (χ2n) is 5.72. The monoisotopic (exact) mass is 324 g/mol. The number of hydrogen-bond donors (Lipinski definition) is 2. The van der Waals surface area contributed by atoms with E-state index in [0.29, 0.717) is 24.6 Å². The van der Waals surface area contributed by atoms with Crippen molar-refractivity contribution in [2.75, 3.05) is 0 Å². The van der Waals surface area contributed by atoms with Gasteiger partial charge in [-0.25, -0.2) is 4.98 Å². The molecule has 2 aromatic heterocycles. The number of nitrogens with one attached hydrogen (secondary N) is 2. The quantitative estimate of drug-likeness (QED) is 0.725. The molecule has 124 valence electrons. The van der Waals surface area contributed by atoms with Gasteiger partial charge in [-0.3, -0.25) is 14.6 Å². The van der Waals surface area contributed by atoms with Gasteiger partial charge in [-0.2, -0.15) is 10.2 Å². The van der Waals surface area contributed by atoms with E-state index >= 15 is 0 Å². The van der Waals surface area contributed by atoms with Crippen LogP contribution in [0.4, 0.5) is 0 Å². The summed E-state index contributed by atoms with van der Waals surface area (Å²) in [6, 6.07) is 9.33. The zero-order valence-corrected chi connectivity index (χ0v) is 13.7. The van der Waals surface area contributed by atoms with E-state index in [1.807, 2.05) is 50.4 Å². The fourth-order valence-electron chi connectivity index (χ4n) is 2.47. The maximum atomic E-state index is 12.4. The maximum absolute atomic E-state index is 12.4. The van der Waals surface area contributed by atoms with Crippen molar-refractivity contribution >= 4 is 5.91 Å². The number of hydrogen-bond acceptors (Lipinski definition) is 4. The van der Waals surface area contributed by atoms with Crippen LogP contribution in [0.5, 0.6) is 0 Å². The number of nitrogens with zero attached hydrogens (tertiary/aromatic N) is 4. The van der Waals surface area contributed by atoms with E-state index < -0.39 is 0 Å². The van der Waals surface area contributed by atoms with Crippen LogP contribution in [0.2, 0.25) is 0 Å². The Kier molecular flexibility index (Phi) is 4.69. The number of benzene rings is 1. The van der Waals surface area contributed by atoms with Gasteiger partial charge in [0.15, 0.2) is 5.82 Å². The molecule has 0 spiro atoms. The highest BCUT2D eigenvalue weighted by molar-refractivity contribution is 5.76. The van der Waals surface area contributed by atoms with Gasteiger partial charge < -0.3 is 5.32 Å². The minimum Gasteiger partial charge on any atom is -0.342 e. The van der Waals surface area contributed by atoms with Crippen molar-refractivity contribution in [1.82, 2.24) is 30.3 Å². The lowest BCUT2D eigenvalue weighted by Gasteiger charge is -2.16. The molecule has 0 aliphatic rings. The predicted octanol–water partition coefficient (Wildman–Crippen LogP) is 1.91. The summed E-state index contributed by atoms with van der Waals surface area (Å²) in [4.78, 5) is 16.7. The molecule has 2 N–H and O–H groups in total. The summed E-state index contributed by atoms with van der Waals surface area (Å²) in [5.74, 6) is 1.20. The molecule has 2 heterocycles. The average Bonchev–Trinajstić information content (AvgIpc) is 3.20. The third kappa shape index (κ3) is 3.87. The third-order valence-electron chi connectivity index (χ3n) is 3.64. The maximum Gasteiger partial charge on any atom is 0.222 e. The topological polar surface area (TPSA) is 88.5 Å². The number of rotatable bonds is 6. The van der Waals surface area contributed by atoms with Gasteiger partial charge in [0.25, 0.3) is 0 Å². The van der Waals surface area contributed by atoms with Crippen LogP contribution in [0, 0.1) is 13.8 Å². The summed E-state index contributed by atoms with van der Waals surface area (Å²) >= 11 is 0. The molecule has 0 aliphatic carbocycles. The second kappa shape index (κ2) is 7.08. The lowest BCUT2D eigenvalue weighted by atomic mass is 10.1. The summed E-state index contributed by atoms with van der Waals surface area (Å²) in [5, 5.41) is 14.2. The van der Waals surface area contributed by atoms with Crippen LogP contribution in [-0.2, 0) is 11.3 Å². The molecule has 0 radical (unpaired) electrons. The molecule has 7 nitrogen and oxygen atoms in total. The summed E-state index contributed by atoms with van der Waals surface area (Å²) in [7, 11) is 0. The Bertz CT molecular complexity index is 807. The first-order valence-electron chi connectivity index (χ1n) is 7.84. The van der Waals surface area contributed by atoms with Gasteiger partial charge >= 0.3 is 0 Å². The van der Waals surface area contributed by atoms with Crippen molar-refractivity contribution in [3.63, 3.8) is 0 Å². The molecule has 0 fully saturated rings. The van der Waals surface area contributed by atoms with E-state index in [9.17, 15) is 4.79 Å². The highest BCUT2D eigenvalue weighted by Gasteiger charge is 2.20. The van der Waals surface area contributed by atoms with Crippen LogP contribution in [0.15, 0.2) is 42.7 Å². The molecule has 1 amide bonds. The number of carbonyl (C=O) groups is 1. The first-order chi connectivity index (χ1) is 11.6. The average molecular weight is 324 g/mol. The van der Waals surface area contributed by atoms with E-state index in [1.165, 1.54) is 0 Å². The summed E-state index contributed by atoms with van der Waals surface area (Å²) in [5.41, 5.74) is 2.02. The Balaban J connectivity index is 1.70. The predicted molar refractivity (Wildman–Crippen MR) is 89.1 cm³/mol. The lowest BCUT2D eigenvalue weighted by molar-refractivity contribution is -0.121. The van der Waals surface area contributed by atoms with E-state index in [-0.39, 0.29) is 11.9 Å². The van der Waals surface area contributed by atoms with Gasteiger partial charge in [0.2, 0.25) is 5.91 Å². The minimum absolute atomic E-state index is 0.0699. The van der Waals surface area contributed by atoms with Crippen LogP contribution in [0.3, 0.4) is 0 Å². The van der Waals surface area contributed by atoms with Gasteiger partial charge in [-0.1, -0.05) is 30.3 Å². The highest BCUT2D eigenvalue weighted by Crippen LogP contribution is 2.18. The number of aromatic amines is 1. The lowest BCUT2D eigenvalue weighted by Crippen LogP contribution is -2.30. The van der Waals surface area contributed by atoms with Crippen molar-refractivity contribution in [1.29, 1.82) is 0 Å². The molecule has 24 heavy (non-hydrogen) atoms. The van der Waals surface area contributed by atoms with Crippen molar-refractivity contribution in [3.05, 3.63) is 65.5 Å². The van der Waals surface area contributed by atoms with E-state index in [4.69, 9.17) is 0 Å². The number of amides is 1. The van der Waals surface area contributed by atoms with Gasteiger partial charge in [0.05, 0.1) is 6.20 Å². The van der Waals surface area contributed by atoms with E-state index in [2.05, 4.69) is 25.6 Å². The first kappa shape index (κ1) is 15.9. The van der Waals surface area contributed by atoms with Crippen LogP contribution in [0.25, 0.3) is 0 Å². The van der Waals surface area contributed by atoms with E-state index in [0.717, 1.165) is 11.1 Å². The van der Waals surface area contributed by atoms with Gasteiger partial charge in [-0.05, 0) is 25.0 Å². The SMILES string of the molecule is Cc1cnn(CCC(=O)NC(c2ccccc2)c2n[nH]c(C)n2)c1. The summed E-state index contributed by atoms with van der Waals surface area (Å²) < 4.78 is 1.77. The van der Waals surface area contributed by atoms with Gasteiger partial charge in [-0.15, -0.1) is 0 Å². The van der Waals surface area contributed by atoms with Crippen molar-refractivity contribution in [3.8, 4) is 0 Å². The first-order valence-corrected chi connectivity index (χ1v) is 7.84. The van der Waals surface area contributed by atoms with Crippen molar-refractivity contribution < 1.29 is 4.79 Å². The zero-order valence-electron chi connectivity index (χ0n) is 13.7. The molecular weight excluding hydrogens is 304 g/mol. The Morgan fingerprint density at radius 2 is 2.08 bits per heavy atom. The van der Waals surface area contributed by atoms with Crippen LogP contribution >= 0.6 is 0 Å². The zero-order chi connectivity index (χ0) is 16.9. The molecule has 0 aliphatic heterocycles. The Morgan fingerprint density at radius 1 is 1.29 bits per heavy atom. The number of carbonyl (C=O) groups excluding carboxylic acids is 1. The number of aryl methyl sites for hydroxylation is 3. The Morgan fingerprint density at radius 3 is 2.71 bits per heavy atom. The van der Waals surface area contributed by atoms with Crippen LogP contribution < -0.4 is 5.32 Å². The Hall–Kier alpha value is -2.96. The fourth-order valence-corrected chi connectivity index (χ4v) is 2.47. The molecule has 0 bridgehead atoms. The largest absolute Gasteiger partial charge is 0.342 e. The van der Waals surface area contributed by atoms with Crippen molar-refractivity contribution in [2.45, 2.75) is 32.9 Å². The molecule has 0 saturated heterocycles. The van der Waals surface area contributed by atoms with E-state index in [1.54, 1.807) is 10.9 Å². The number of aromatic nitrogens is 5. The molecular formula is C17H20N6O. The fraction of sp³-hybridized carbons (Fsp3) is 0.294. The molecule has 3 aromatic rings. The molecule has 1 unspecified atom stereocenters. The Labute approximate surface area is 140 Å². The van der Waals surface area contributed by atoms with Gasteiger partial charge in [0, 0.05) is 19.2 Å². The minimum atomic E-state index is -0.372. The van der Waals surface area contributed by atoms with Crippen LogP contribution in [-0.4, -0.2) is 30.9 Å². The molecule has 0 saturated carbocycles. The summed E-state index contributed by atoms with van der Waals surface area (Å²) in [6.45, 7) is 4.34. The third-order valence-corrected chi connectivity index (χ3v) is 3.64. The molecule has 1 atom stereocenters. The second-order valence-corrected chi connectivity index (χ2v) is 5.72. The highest BCUT2D eigenvalue weighted by atomic mass is 16.1. The van der Waals surface area contributed by atoms with Gasteiger partial charge in [0.1, 0.15) is 11.9 Å². The number of H-pyrrole nitrogens is 1. The molecule has 7 heteroatoms. The van der Waals surface area contributed by atoms with Crippen LogP contribution in [0.1, 0.15) is 35.2 Å². The van der Waals surface area contributed by atoms with Crippen molar-refractivity contribution in [2.24, 2.45) is 0 Å². The normalized spacial score (nSPS) is 12.1. The summed E-state index contributed by atoms with van der Waals surface area (Å²) in [6.07, 6.45) is 4.04. The smallest absolute Gasteiger partial charge is 0.222 e. The molecule has 1 aromatic carbocycles.